The van der Waals surface area contributed by atoms with Crippen LogP contribution in [0.2, 0.25) is 0 Å². The van der Waals surface area contributed by atoms with Crippen LogP contribution in [0.1, 0.15) is 17.2 Å². The van der Waals surface area contributed by atoms with Crippen molar-refractivity contribution >= 4 is 18.6 Å². The minimum atomic E-state index is -3.26. The fourth-order valence-electron chi connectivity index (χ4n) is 2.20. The van der Waals surface area contributed by atoms with Crippen molar-refractivity contribution in [1.82, 2.24) is 4.72 Å². The maximum Gasteiger partial charge on any atom is 0.332 e. The second kappa shape index (κ2) is 8.70. The zero-order valence-corrected chi connectivity index (χ0v) is 15.7. The summed E-state index contributed by atoms with van der Waals surface area (Å²) in [6, 6.07) is 16.4. The van der Waals surface area contributed by atoms with Crippen LogP contribution in [-0.2, 0) is 24.6 Å². The molecule has 2 rings (SSSR count). The van der Waals surface area contributed by atoms with Gasteiger partial charge in [-0.05, 0) is 24.6 Å². The molecule has 5 nitrogen and oxygen atoms in total. The van der Waals surface area contributed by atoms with Gasteiger partial charge in [0.1, 0.15) is 11.0 Å². The summed E-state index contributed by atoms with van der Waals surface area (Å²) in [5.41, 5.74) is 1.96. The second-order valence-electron chi connectivity index (χ2n) is 5.32. The van der Waals surface area contributed by atoms with E-state index in [4.69, 9.17) is 9.05 Å². The maximum absolute atomic E-state index is 12.6. The SMILES string of the molecule is COP(=O)(C[C@H](N[S@@](=O)c1ccc(C)cc1)c1ccccc1)OC. The van der Waals surface area contributed by atoms with E-state index in [9.17, 15) is 8.77 Å². The Bertz CT molecular complexity index is 713. The lowest BCUT2D eigenvalue weighted by Crippen LogP contribution is -2.27. The first-order valence-corrected chi connectivity index (χ1v) is 10.4. The predicted molar refractivity (Wildman–Crippen MR) is 96.4 cm³/mol. The largest absolute Gasteiger partial charge is 0.332 e. The lowest BCUT2D eigenvalue weighted by Gasteiger charge is -2.22. The number of rotatable bonds is 8. The van der Waals surface area contributed by atoms with Crippen LogP contribution in [0.3, 0.4) is 0 Å². The topological polar surface area (TPSA) is 64.6 Å². The predicted octanol–water partition coefficient (Wildman–Crippen LogP) is 3.83. The molecular formula is C17H22NO4PS. The number of hydrogen-bond donors (Lipinski definition) is 1. The van der Waals surface area contributed by atoms with E-state index in [1.807, 2.05) is 61.5 Å². The molecule has 0 saturated carbocycles. The highest BCUT2D eigenvalue weighted by Gasteiger charge is 2.29. The standard InChI is InChI=1S/C17H22NO4PS/c1-14-9-11-16(12-10-14)24(20)18-17(13-23(19,21-2)22-3)15-7-5-4-6-8-15/h4-12,17-18H,13H2,1-3H3/t17-,24-/m0/s1. The molecule has 0 saturated heterocycles. The molecule has 0 aromatic heterocycles. The Morgan fingerprint density at radius 3 is 2.17 bits per heavy atom. The summed E-state index contributed by atoms with van der Waals surface area (Å²) in [5.74, 6) is 0. The number of nitrogens with one attached hydrogen (secondary N) is 1. The molecule has 0 aliphatic carbocycles. The molecule has 0 amide bonds. The first-order valence-electron chi connectivity index (χ1n) is 7.47. The molecule has 130 valence electrons. The highest BCUT2D eigenvalue weighted by atomic mass is 32.2. The van der Waals surface area contributed by atoms with Gasteiger partial charge in [-0.2, -0.15) is 0 Å². The van der Waals surface area contributed by atoms with E-state index < -0.39 is 24.6 Å². The van der Waals surface area contributed by atoms with Crippen molar-refractivity contribution in [3.63, 3.8) is 0 Å². The van der Waals surface area contributed by atoms with Gasteiger partial charge in [0.05, 0.1) is 17.1 Å². The summed E-state index contributed by atoms with van der Waals surface area (Å²) in [6.07, 6.45) is 0.0849. The minimum Gasteiger partial charge on any atom is -0.312 e. The van der Waals surface area contributed by atoms with Gasteiger partial charge in [0.15, 0.2) is 0 Å². The van der Waals surface area contributed by atoms with Crippen molar-refractivity contribution < 1.29 is 17.8 Å². The van der Waals surface area contributed by atoms with Gasteiger partial charge in [-0.15, -0.1) is 0 Å². The van der Waals surface area contributed by atoms with Crippen molar-refractivity contribution in [2.24, 2.45) is 0 Å². The maximum atomic E-state index is 12.6. The zero-order valence-electron chi connectivity index (χ0n) is 14.0. The third kappa shape index (κ3) is 5.10. The van der Waals surface area contributed by atoms with E-state index in [0.29, 0.717) is 4.90 Å². The summed E-state index contributed by atoms with van der Waals surface area (Å²) in [6.45, 7) is 1.97. The summed E-state index contributed by atoms with van der Waals surface area (Å²) < 4.78 is 38.3. The minimum absolute atomic E-state index is 0.0849. The Hall–Kier alpha value is -1.30. The molecule has 1 N–H and O–H groups in total. The normalized spacial score (nSPS) is 14.3. The van der Waals surface area contributed by atoms with Crippen LogP contribution in [-0.4, -0.2) is 24.6 Å². The summed E-state index contributed by atoms with van der Waals surface area (Å²) >= 11 is 0. The van der Waals surface area contributed by atoms with E-state index in [1.54, 1.807) is 0 Å². The average Bonchev–Trinajstić information content (AvgIpc) is 2.62. The van der Waals surface area contributed by atoms with Crippen molar-refractivity contribution in [2.45, 2.75) is 17.9 Å². The molecule has 2 atom stereocenters. The molecule has 2 aromatic rings. The second-order valence-corrected chi connectivity index (χ2v) is 8.88. The van der Waals surface area contributed by atoms with Crippen LogP contribution in [0.4, 0.5) is 0 Å². The number of benzene rings is 2. The number of aryl methyl sites for hydroxylation is 1. The van der Waals surface area contributed by atoms with Gasteiger partial charge in [0.2, 0.25) is 0 Å². The molecule has 0 fully saturated rings. The van der Waals surface area contributed by atoms with Gasteiger partial charge >= 0.3 is 7.60 Å². The third-order valence-electron chi connectivity index (χ3n) is 3.65. The Labute approximate surface area is 145 Å². The quantitative estimate of drug-likeness (QED) is 0.720. The van der Waals surface area contributed by atoms with Gasteiger partial charge < -0.3 is 9.05 Å². The van der Waals surface area contributed by atoms with Crippen LogP contribution in [0.5, 0.6) is 0 Å². The van der Waals surface area contributed by atoms with Crippen molar-refractivity contribution in [3.05, 3.63) is 65.7 Å². The molecular weight excluding hydrogens is 345 g/mol. The van der Waals surface area contributed by atoms with Crippen molar-refractivity contribution in [3.8, 4) is 0 Å². The van der Waals surface area contributed by atoms with Crippen LogP contribution in [0.15, 0.2) is 59.5 Å². The summed E-state index contributed by atoms with van der Waals surface area (Å²) in [4.78, 5) is 0.659. The molecule has 7 heteroatoms. The Balaban J connectivity index is 2.24. The summed E-state index contributed by atoms with van der Waals surface area (Å²) in [7, 11) is -2.00. The highest BCUT2D eigenvalue weighted by molar-refractivity contribution is 7.83. The van der Waals surface area contributed by atoms with E-state index in [0.717, 1.165) is 11.1 Å². The Morgan fingerprint density at radius 2 is 1.62 bits per heavy atom. The van der Waals surface area contributed by atoms with Gasteiger partial charge in [0, 0.05) is 14.2 Å². The molecule has 0 aliphatic heterocycles. The van der Waals surface area contributed by atoms with E-state index >= 15 is 0 Å². The van der Waals surface area contributed by atoms with Crippen LogP contribution in [0, 0.1) is 6.92 Å². The van der Waals surface area contributed by atoms with E-state index in [1.165, 1.54) is 14.2 Å². The Kier molecular flexibility index (Phi) is 6.90. The van der Waals surface area contributed by atoms with Crippen molar-refractivity contribution in [1.29, 1.82) is 0 Å². The van der Waals surface area contributed by atoms with Gasteiger partial charge in [0.25, 0.3) is 0 Å². The van der Waals surface area contributed by atoms with Crippen LogP contribution < -0.4 is 4.72 Å². The van der Waals surface area contributed by atoms with E-state index in [-0.39, 0.29) is 6.16 Å². The van der Waals surface area contributed by atoms with Gasteiger partial charge in [-0.1, -0.05) is 48.0 Å². The summed E-state index contributed by atoms with van der Waals surface area (Å²) in [5, 5.41) is 0. The highest BCUT2D eigenvalue weighted by Crippen LogP contribution is 2.49. The molecule has 0 unspecified atom stereocenters. The lowest BCUT2D eigenvalue weighted by atomic mass is 10.1. The average molecular weight is 367 g/mol. The fraction of sp³-hybridized carbons (Fsp3) is 0.294. The fourth-order valence-corrected chi connectivity index (χ4v) is 4.52. The molecule has 24 heavy (non-hydrogen) atoms. The molecule has 0 bridgehead atoms. The first-order chi connectivity index (χ1) is 11.5. The monoisotopic (exact) mass is 367 g/mol. The van der Waals surface area contributed by atoms with Crippen LogP contribution in [0.25, 0.3) is 0 Å². The van der Waals surface area contributed by atoms with Crippen molar-refractivity contribution in [2.75, 3.05) is 20.4 Å². The molecule has 2 aromatic carbocycles. The van der Waals surface area contributed by atoms with Crippen LogP contribution >= 0.6 is 7.60 Å². The van der Waals surface area contributed by atoms with Gasteiger partial charge in [-0.3, -0.25) is 4.57 Å². The molecule has 0 spiro atoms. The molecule has 0 heterocycles. The third-order valence-corrected chi connectivity index (χ3v) is 6.77. The van der Waals surface area contributed by atoms with Gasteiger partial charge in [-0.25, -0.2) is 8.93 Å². The lowest BCUT2D eigenvalue weighted by molar-refractivity contribution is 0.273. The molecule has 0 aliphatic rings. The first kappa shape index (κ1) is 19.0. The Morgan fingerprint density at radius 1 is 1.04 bits per heavy atom. The smallest absolute Gasteiger partial charge is 0.312 e. The number of hydrogen-bond acceptors (Lipinski definition) is 4. The van der Waals surface area contributed by atoms with E-state index in [2.05, 4.69) is 4.72 Å². The zero-order chi connectivity index (χ0) is 17.6. The molecule has 0 radical (unpaired) electrons.